The summed E-state index contributed by atoms with van der Waals surface area (Å²) in [5, 5.41) is 5.14. The third kappa shape index (κ3) is 3.82. The van der Waals surface area contributed by atoms with Gasteiger partial charge in [-0.15, -0.1) is 34.0 Å². The monoisotopic (exact) mass is 408 g/mol. The van der Waals surface area contributed by atoms with Gasteiger partial charge in [-0.2, -0.15) is 0 Å². The van der Waals surface area contributed by atoms with Crippen molar-refractivity contribution in [1.82, 2.24) is 4.98 Å². The number of amides is 1. The summed E-state index contributed by atoms with van der Waals surface area (Å²) in [6, 6.07) is 5.38. The molecule has 3 nitrogen and oxygen atoms in total. The van der Waals surface area contributed by atoms with Crippen LogP contribution in [-0.2, 0) is 11.2 Å². The minimum absolute atomic E-state index is 0.131. The lowest BCUT2D eigenvalue weighted by atomic mass is 10.3. The van der Waals surface area contributed by atoms with Gasteiger partial charge in [0.2, 0.25) is 5.91 Å². The first-order valence-corrected chi connectivity index (χ1v) is 9.60. The van der Waals surface area contributed by atoms with E-state index in [4.69, 9.17) is 34.8 Å². The van der Waals surface area contributed by atoms with Crippen LogP contribution in [0.3, 0.4) is 0 Å². The van der Waals surface area contributed by atoms with Gasteiger partial charge >= 0.3 is 0 Å². The molecular weight excluding hydrogens is 403 g/mol. The fourth-order valence-corrected chi connectivity index (χ4v) is 5.03. The van der Waals surface area contributed by atoms with Crippen LogP contribution in [0.5, 0.6) is 0 Å². The number of nitrogens with zero attached hydrogens (tertiary/aromatic N) is 1. The first-order valence-electron chi connectivity index (χ1n) is 5.96. The van der Waals surface area contributed by atoms with E-state index < -0.39 is 0 Å². The molecule has 3 aromatic heterocycles. The Morgan fingerprint density at radius 2 is 2.00 bits per heavy atom. The summed E-state index contributed by atoms with van der Waals surface area (Å²) >= 11 is 21.9. The number of thiazole rings is 1. The van der Waals surface area contributed by atoms with Crippen LogP contribution in [0.4, 0.5) is 5.13 Å². The van der Waals surface area contributed by atoms with Gasteiger partial charge < -0.3 is 5.32 Å². The summed E-state index contributed by atoms with van der Waals surface area (Å²) in [7, 11) is 0. The van der Waals surface area contributed by atoms with Crippen LogP contribution in [0.25, 0.3) is 11.3 Å². The smallest absolute Gasteiger partial charge is 0.231 e. The zero-order valence-corrected chi connectivity index (χ0v) is 15.4. The molecule has 0 bridgehead atoms. The predicted octanol–water partition coefficient (Wildman–Crippen LogP) is 6.07. The highest BCUT2D eigenvalue weighted by Gasteiger charge is 2.13. The highest BCUT2D eigenvalue weighted by Crippen LogP contribution is 2.39. The fraction of sp³-hybridized carbons (Fsp3) is 0.0769. The molecule has 0 unspecified atom stereocenters. The molecular formula is C13H7Cl3N2OS3. The van der Waals surface area contributed by atoms with Crippen LogP contribution in [0.2, 0.25) is 13.0 Å². The molecule has 1 amide bonds. The molecule has 0 radical (unpaired) electrons. The van der Waals surface area contributed by atoms with E-state index in [1.807, 2.05) is 11.4 Å². The van der Waals surface area contributed by atoms with Crippen LogP contribution >= 0.6 is 68.8 Å². The number of nitrogens with one attached hydrogen (secondary N) is 1. The average Bonchev–Trinajstić information content (AvgIpc) is 3.12. The first kappa shape index (κ1) is 16.2. The van der Waals surface area contributed by atoms with Crippen molar-refractivity contribution < 1.29 is 4.79 Å². The van der Waals surface area contributed by atoms with Crippen LogP contribution in [-0.4, -0.2) is 10.9 Å². The van der Waals surface area contributed by atoms with Crippen molar-refractivity contribution in [2.75, 3.05) is 5.32 Å². The van der Waals surface area contributed by atoms with Gasteiger partial charge in [0.25, 0.3) is 0 Å². The maximum Gasteiger partial charge on any atom is 0.231 e. The zero-order valence-electron chi connectivity index (χ0n) is 10.7. The van der Waals surface area contributed by atoms with E-state index in [0.29, 0.717) is 23.8 Å². The predicted molar refractivity (Wildman–Crippen MR) is 97.1 cm³/mol. The Hall–Kier alpha value is -0.630. The van der Waals surface area contributed by atoms with Crippen LogP contribution in [0.15, 0.2) is 23.6 Å². The van der Waals surface area contributed by atoms with E-state index >= 15 is 0 Å². The second kappa shape index (κ2) is 6.86. The van der Waals surface area contributed by atoms with Gasteiger partial charge in [0.15, 0.2) is 5.13 Å². The lowest BCUT2D eigenvalue weighted by molar-refractivity contribution is -0.115. The van der Waals surface area contributed by atoms with Crippen molar-refractivity contribution in [3.05, 3.63) is 41.5 Å². The molecule has 0 spiro atoms. The molecule has 0 saturated heterocycles. The average molecular weight is 410 g/mol. The number of thiophene rings is 2. The Balaban J connectivity index is 1.69. The van der Waals surface area contributed by atoms with E-state index in [-0.39, 0.29) is 12.3 Å². The molecule has 3 aromatic rings. The first-order chi connectivity index (χ1) is 10.5. The summed E-state index contributed by atoms with van der Waals surface area (Å²) < 4.78 is 1.86. The summed E-state index contributed by atoms with van der Waals surface area (Å²) in [5.74, 6) is -0.131. The lowest BCUT2D eigenvalue weighted by Crippen LogP contribution is -2.13. The number of hydrogen-bond acceptors (Lipinski definition) is 5. The number of anilines is 1. The van der Waals surface area contributed by atoms with Gasteiger partial charge in [-0.1, -0.05) is 34.8 Å². The summed E-state index contributed by atoms with van der Waals surface area (Å²) in [6.07, 6.45) is 0.275. The summed E-state index contributed by atoms with van der Waals surface area (Å²) in [6.45, 7) is 0. The normalized spacial score (nSPS) is 10.9. The third-order valence-corrected chi connectivity index (χ3v) is 6.12. The van der Waals surface area contributed by atoms with Gasteiger partial charge in [0.1, 0.15) is 4.34 Å². The molecule has 114 valence electrons. The topological polar surface area (TPSA) is 42.0 Å². The van der Waals surface area contributed by atoms with Crippen molar-refractivity contribution in [2.45, 2.75) is 6.42 Å². The molecule has 3 heterocycles. The van der Waals surface area contributed by atoms with E-state index in [0.717, 1.165) is 10.4 Å². The van der Waals surface area contributed by atoms with E-state index in [2.05, 4.69) is 10.3 Å². The molecule has 1 N–H and O–H groups in total. The van der Waals surface area contributed by atoms with E-state index in [1.165, 1.54) is 34.0 Å². The lowest BCUT2D eigenvalue weighted by Gasteiger charge is -1.99. The Bertz CT molecular complexity index is 824. The summed E-state index contributed by atoms with van der Waals surface area (Å²) in [5.41, 5.74) is 1.48. The molecule has 0 saturated carbocycles. The number of hydrogen-bond donors (Lipinski definition) is 1. The van der Waals surface area contributed by atoms with Gasteiger partial charge in [-0.05, 0) is 18.2 Å². The number of halogens is 3. The zero-order chi connectivity index (χ0) is 15.7. The van der Waals surface area contributed by atoms with Gasteiger partial charge in [-0.3, -0.25) is 4.79 Å². The third-order valence-electron chi connectivity index (χ3n) is 2.65. The van der Waals surface area contributed by atoms with Gasteiger partial charge in [-0.25, -0.2) is 4.98 Å². The molecule has 0 aromatic carbocycles. The SMILES string of the molecule is O=C(Cc1ccc(Cl)s1)Nc1nc(-c2cc(Cl)sc2Cl)cs1. The molecule has 0 atom stereocenters. The highest BCUT2D eigenvalue weighted by atomic mass is 35.5. The van der Waals surface area contributed by atoms with Gasteiger partial charge in [0, 0.05) is 15.8 Å². The van der Waals surface area contributed by atoms with Crippen molar-refractivity contribution in [3.8, 4) is 11.3 Å². The minimum atomic E-state index is -0.131. The standard InChI is InChI=1S/C13H7Cl3N2OS3/c14-9-2-1-6(21-9)3-11(19)18-13-17-8(5-20-13)7-4-10(15)22-12(7)16/h1-2,4-5H,3H2,(H,17,18,19). The maximum absolute atomic E-state index is 12.0. The Kier molecular flexibility index (Phi) is 5.07. The molecule has 3 rings (SSSR count). The highest BCUT2D eigenvalue weighted by molar-refractivity contribution is 7.20. The molecule has 0 aliphatic heterocycles. The summed E-state index contributed by atoms with van der Waals surface area (Å²) in [4.78, 5) is 17.3. The second-order valence-electron chi connectivity index (χ2n) is 4.21. The Morgan fingerprint density at radius 1 is 1.18 bits per heavy atom. The molecule has 0 aliphatic carbocycles. The van der Waals surface area contributed by atoms with Crippen LogP contribution in [0.1, 0.15) is 4.88 Å². The van der Waals surface area contributed by atoms with E-state index in [1.54, 1.807) is 12.1 Å². The maximum atomic E-state index is 12.0. The van der Waals surface area contributed by atoms with Crippen molar-refractivity contribution in [2.24, 2.45) is 0 Å². The van der Waals surface area contributed by atoms with Crippen molar-refractivity contribution in [1.29, 1.82) is 0 Å². The van der Waals surface area contributed by atoms with Crippen molar-refractivity contribution in [3.63, 3.8) is 0 Å². The molecule has 0 fully saturated rings. The van der Waals surface area contributed by atoms with Crippen LogP contribution in [0, 0.1) is 0 Å². The number of carbonyl (C=O) groups excluding carboxylic acids is 1. The molecule has 22 heavy (non-hydrogen) atoms. The van der Waals surface area contributed by atoms with E-state index in [9.17, 15) is 4.79 Å². The minimum Gasteiger partial charge on any atom is -0.302 e. The number of aromatic nitrogens is 1. The molecule has 9 heteroatoms. The second-order valence-corrected chi connectivity index (χ2v) is 9.15. The van der Waals surface area contributed by atoms with Crippen LogP contribution < -0.4 is 5.32 Å². The quantitative estimate of drug-likeness (QED) is 0.568. The fourth-order valence-electron chi connectivity index (χ4n) is 1.74. The van der Waals surface area contributed by atoms with Gasteiger partial charge in [0.05, 0.1) is 20.8 Å². The number of rotatable bonds is 4. The largest absolute Gasteiger partial charge is 0.302 e. The van der Waals surface area contributed by atoms with Crippen molar-refractivity contribution >= 4 is 79.9 Å². The molecule has 0 aliphatic rings. The Morgan fingerprint density at radius 3 is 2.64 bits per heavy atom. The Labute approximate surface area is 153 Å². The number of carbonyl (C=O) groups is 1.